The van der Waals surface area contributed by atoms with Crippen LogP contribution in [0.15, 0.2) is 30.3 Å². The normalized spacial score (nSPS) is 20.0. The summed E-state index contributed by atoms with van der Waals surface area (Å²) in [7, 11) is 0. The minimum atomic E-state index is -0.253. The Kier molecular flexibility index (Phi) is 6.54. The largest absolute Gasteiger partial charge is 0.493 e. The molecule has 1 aromatic carbocycles. The van der Waals surface area contributed by atoms with Crippen LogP contribution < -0.4 is 4.74 Å². The molecule has 0 bridgehead atoms. The molecule has 0 aromatic heterocycles. The van der Waals surface area contributed by atoms with Gasteiger partial charge < -0.3 is 19.4 Å². The number of ether oxygens (including phenoxy) is 1. The van der Waals surface area contributed by atoms with Crippen LogP contribution in [-0.2, 0) is 14.4 Å². The summed E-state index contributed by atoms with van der Waals surface area (Å²) in [4.78, 5) is 42.5. The topological polar surface area (TPSA) is 70.2 Å². The number of carbonyl (C=O) groups excluding carboxylic acids is 3. The summed E-state index contributed by atoms with van der Waals surface area (Å²) in [6.07, 6.45) is 0.621. The highest BCUT2D eigenvalue weighted by atomic mass is 16.5. The first kappa shape index (κ1) is 20.2. The molecule has 2 aliphatic heterocycles. The van der Waals surface area contributed by atoms with Gasteiger partial charge in [-0.1, -0.05) is 18.2 Å². The van der Waals surface area contributed by atoms with Gasteiger partial charge in [-0.2, -0.15) is 0 Å². The molecule has 3 amide bonds. The number of amides is 3. The van der Waals surface area contributed by atoms with Gasteiger partial charge in [-0.3, -0.25) is 14.4 Å². The van der Waals surface area contributed by atoms with Gasteiger partial charge in [0.15, 0.2) is 0 Å². The molecule has 3 rings (SSSR count). The number of benzene rings is 1. The smallest absolute Gasteiger partial charge is 0.228 e. The van der Waals surface area contributed by atoms with Crippen molar-refractivity contribution < 1.29 is 19.1 Å². The van der Waals surface area contributed by atoms with E-state index in [2.05, 4.69) is 0 Å². The number of carbonyl (C=O) groups is 3. The van der Waals surface area contributed by atoms with Crippen molar-refractivity contribution in [1.29, 1.82) is 0 Å². The van der Waals surface area contributed by atoms with E-state index in [1.807, 2.05) is 44.2 Å². The molecule has 7 heteroatoms. The average molecular weight is 387 g/mol. The second-order valence-corrected chi connectivity index (χ2v) is 7.66. The standard InChI is InChI=1S/C21H29N3O4/c1-16(2)24-15-17(14-20(24)26)21(27)23-11-9-22(10-12-23)19(25)8-13-28-18-6-4-3-5-7-18/h3-7,16-17H,8-15H2,1-2H3. The predicted octanol–water partition coefficient (Wildman–Crippen LogP) is 1.38. The lowest BCUT2D eigenvalue weighted by atomic mass is 10.1. The van der Waals surface area contributed by atoms with Crippen LogP contribution in [0, 0.1) is 5.92 Å². The minimum absolute atomic E-state index is 0.0380. The molecule has 1 unspecified atom stereocenters. The third-order valence-electron chi connectivity index (χ3n) is 5.40. The van der Waals surface area contributed by atoms with Crippen molar-refractivity contribution in [2.45, 2.75) is 32.7 Å². The SMILES string of the molecule is CC(C)N1CC(C(=O)N2CCN(C(=O)CCOc3ccccc3)CC2)CC1=O. The van der Waals surface area contributed by atoms with E-state index in [1.54, 1.807) is 14.7 Å². The summed E-state index contributed by atoms with van der Waals surface area (Å²) in [6, 6.07) is 9.56. The van der Waals surface area contributed by atoms with Crippen LogP contribution in [0.1, 0.15) is 26.7 Å². The molecule has 0 spiro atoms. The van der Waals surface area contributed by atoms with Crippen LogP contribution in [0.25, 0.3) is 0 Å². The van der Waals surface area contributed by atoms with Crippen molar-refractivity contribution in [3.8, 4) is 5.75 Å². The molecule has 1 atom stereocenters. The van der Waals surface area contributed by atoms with Gasteiger partial charge in [0.2, 0.25) is 17.7 Å². The summed E-state index contributed by atoms with van der Waals surface area (Å²) in [5.41, 5.74) is 0. The first-order valence-electron chi connectivity index (χ1n) is 9.99. The van der Waals surface area contributed by atoms with E-state index in [0.29, 0.717) is 52.2 Å². The Labute approximate surface area is 166 Å². The Morgan fingerprint density at radius 2 is 1.71 bits per heavy atom. The van der Waals surface area contributed by atoms with Crippen LogP contribution in [0.2, 0.25) is 0 Å². The number of nitrogens with zero attached hydrogens (tertiary/aromatic N) is 3. The summed E-state index contributed by atoms with van der Waals surface area (Å²) in [5.74, 6) is 0.644. The second-order valence-electron chi connectivity index (χ2n) is 7.66. The molecule has 2 saturated heterocycles. The highest BCUT2D eigenvalue weighted by Crippen LogP contribution is 2.22. The molecule has 152 valence electrons. The minimum Gasteiger partial charge on any atom is -0.493 e. The van der Waals surface area contributed by atoms with E-state index in [4.69, 9.17) is 4.74 Å². The zero-order chi connectivity index (χ0) is 20.1. The molecule has 7 nitrogen and oxygen atoms in total. The van der Waals surface area contributed by atoms with Crippen molar-refractivity contribution >= 4 is 17.7 Å². The Bertz CT molecular complexity index is 699. The van der Waals surface area contributed by atoms with Crippen LogP contribution >= 0.6 is 0 Å². The van der Waals surface area contributed by atoms with Gasteiger partial charge in [-0.15, -0.1) is 0 Å². The predicted molar refractivity (Wildman–Crippen MR) is 105 cm³/mol. The summed E-state index contributed by atoms with van der Waals surface area (Å²) < 4.78 is 5.59. The lowest BCUT2D eigenvalue weighted by molar-refractivity contribution is -0.142. The van der Waals surface area contributed by atoms with E-state index in [1.165, 1.54) is 0 Å². The van der Waals surface area contributed by atoms with Crippen LogP contribution in [0.4, 0.5) is 0 Å². The highest BCUT2D eigenvalue weighted by molar-refractivity contribution is 5.89. The number of piperazine rings is 1. The molecule has 2 fully saturated rings. The van der Waals surface area contributed by atoms with E-state index < -0.39 is 0 Å². The van der Waals surface area contributed by atoms with Crippen LogP contribution in [0.5, 0.6) is 5.75 Å². The third kappa shape index (κ3) is 4.82. The maximum absolute atomic E-state index is 12.7. The molecule has 0 saturated carbocycles. The molecule has 1 aromatic rings. The fourth-order valence-corrected chi connectivity index (χ4v) is 3.76. The highest BCUT2D eigenvalue weighted by Gasteiger charge is 2.38. The van der Waals surface area contributed by atoms with Crippen molar-refractivity contribution in [2.24, 2.45) is 5.92 Å². The van der Waals surface area contributed by atoms with Crippen molar-refractivity contribution in [3.63, 3.8) is 0 Å². The van der Waals surface area contributed by atoms with Crippen LogP contribution in [0.3, 0.4) is 0 Å². The maximum Gasteiger partial charge on any atom is 0.228 e. The Morgan fingerprint density at radius 3 is 2.32 bits per heavy atom. The molecule has 0 radical (unpaired) electrons. The Hall–Kier alpha value is -2.57. The number of hydrogen-bond acceptors (Lipinski definition) is 4. The Morgan fingerprint density at radius 1 is 1.07 bits per heavy atom. The van der Waals surface area contributed by atoms with Crippen molar-refractivity contribution in [2.75, 3.05) is 39.3 Å². The number of rotatable bonds is 6. The lowest BCUT2D eigenvalue weighted by Crippen LogP contribution is -2.52. The van der Waals surface area contributed by atoms with Gasteiger partial charge in [0.25, 0.3) is 0 Å². The van der Waals surface area contributed by atoms with Gasteiger partial charge in [0, 0.05) is 45.2 Å². The van der Waals surface area contributed by atoms with E-state index in [9.17, 15) is 14.4 Å². The molecular weight excluding hydrogens is 358 g/mol. The van der Waals surface area contributed by atoms with Gasteiger partial charge in [0.1, 0.15) is 5.75 Å². The van der Waals surface area contributed by atoms with Crippen molar-refractivity contribution in [3.05, 3.63) is 30.3 Å². The first-order valence-corrected chi connectivity index (χ1v) is 9.99. The fraction of sp³-hybridized carbons (Fsp3) is 0.571. The number of likely N-dealkylation sites (tertiary alicyclic amines) is 1. The molecule has 0 N–H and O–H groups in total. The molecule has 2 aliphatic rings. The molecule has 28 heavy (non-hydrogen) atoms. The van der Waals surface area contributed by atoms with Gasteiger partial charge in [-0.05, 0) is 26.0 Å². The van der Waals surface area contributed by atoms with Crippen molar-refractivity contribution in [1.82, 2.24) is 14.7 Å². The number of para-hydroxylation sites is 1. The summed E-state index contributed by atoms with van der Waals surface area (Å²) in [6.45, 7) is 6.90. The van der Waals surface area contributed by atoms with Crippen LogP contribution in [-0.4, -0.2) is 77.8 Å². The monoisotopic (exact) mass is 387 g/mol. The average Bonchev–Trinajstić information content (AvgIpc) is 3.10. The second kappa shape index (κ2) is 9.08. The maximum atomic E-state index is 12.7. The van der Waals surface area contributed by atoms with Gasteiger partial charge in [0.05, 0.1) is 18.9 Å². The Balaban J connectivity index is 1.41. The van der Waals surface area contributed by atoms with Gasteiger partial charge >= 0.3 is 0 Å². The van der Waals surface area contributed by atoms with Gasteiger partial charge in [-0.25, -0.2) is 0 Å². The summed E-state index contributed by atoms with van der Waals surface area (Å²) >= 11 is 0. The van der Waals surface area contributed by atoms with E-state index >= 15 is 0 Å². The fourth-order valence-electron chi connectivity index (χ4n) is 3.76. The summed E-state index contributed by atoms with van der Waals surface area (Å²) in [5, 5.41) is 0. The van der Waals surface area contributed by atoms with E-state index in [0.717, 1.165) is 5.75 Å². The quantitative estimate of drug-likeness (QED) is 0.740. The lowest BCUT2D eigenvalue weighted by Gasteiger charge is -2.36. The zero-order valence-electron chi connectivity index (χ0n) is 16.7. The zero-order valence-corrected chi connectivity index (χ0v) is 16.7. The molecule has 0 aliphatic carbocycles. The van der Waals surface area contributed by atoms with E-state index in [-0.39, 0.29) is 29.7 Å². The molecule has 2 heterocycles. The first-order chi connectivity index (χ1) is 13.5. The molecular formula is C21H29N3O4. The third-order valence-corrected chi connectivity index (χ3v) is 5.40. The number of hydrogen-bond donors (Lipinski definition) is 0.